The lowest BCUT2D eigenvalue weighted by atomic mass is 10.0. The standard InChI is InChI=1S/C13H17NO2/c1-8(2)12(15)10-6-5-7-11(14-10)13(16)9(3)4/h5-9H,1-4H3. The largest absolute Gasteiger partial charge is 0.292 e. The van der Waals surface area contributed by atoms with Gasteiger partial charge in [0.15, 0.2) is 11.6 Å². The molecule has 0 aliphatic heterocycles. The van der Waals surface area contributed by atoms with Gasteiger partial charge in [0.25, 0.3) is 0 Å². The molecule has 0 radical (unpaired) electrons. The van der Waals surface area contributed by atoms with Crippen LogP contribution in [0.3, 0.4) is 0 Å². The monoisotopic (exact) mass is 219 g/mol. The first kappa shape index (κ1) is 12.6. The SMILES string of the molecule is CC(C)C(=O)c1cccc(C(=O)C(C)C)n1. The minimum absolute atomic E-state index is 0.0293. The zero-order valence-corrected chi connectivity index (χ0v) is 10.2. The number of Topliss-reactive ketones (excluding diaryl/α,β-unsaturated/α-hetero) is 2. The molecule has 0 aliphatic carbocycles. The number of carbonyl (C=O) groups is 2. The van der Waals surface area contributed by atoms with Gasteiger partial charge in [-0.15, -0.1) is 0 Å². The molecule has 1 rings (SSSR count). The molecule has 0 atom stereocenters. The van der Waals surface area contributed by atoms with E-state index in [0.717, 1.165) is 0 Å². The quantitative estimate of drug-likeness (QED) is 0.731. The highest BCUT2D eigenvalue weighted by atomic mass is 16.1. The Balaban J connectivity index is 3.05. The summed E-state index contributed by atoms with van der Waals surface area (Å²) in [6.45, 7) is 7.28. The Kier molecular flexibility index (Phi) is 3.93. The maximum absolute atomic E-state index is 11.7. The van der Waals surface area contributed by atoms with Crippen molar-refractivity contribution in [2.75, 3.05) is 0 Å². The zero-order valence-electron chi connectivity index (χ0n) is 10.2. The highest BCUT2D eigenvalue weighted by Crippen LogP contribution is 2.10. The van der Waals surface area contributed by atoms with Crippen LogP contribution in [-0.2, 0) is 0 Å². The summed E-state index contributed by atoms with van der Waals surface area (Å²) in [6.07, 6.45) is 0. The van der Waals surface area contributed by atoms with Crippen molar-refractivity contribution in [3.05, 3.63) is 29.6 Å². The fourth-order valence-corrected chi connectivity index (χ4v) is 1.30. The number of hydrogen-bond donors (Lipinski definition) is 0. The predicted octanol–water partition coefficient (Wildman–Crippen LogP) is 2.76. The van der Waals surface area contributed by atoms with Gasteiger partial charge in [-0.05, 0) is 12.1 Å². The van der Waals surface area contributed by atoms with Gasteiger partial charge < -0.3 is 0 Å². The van der Waals surface area contributed by atoms with Gasteiger partial charge in [0.1, 0.15) is 11.4 Å². The predicted molar refractivity (Wildman–Crippen MR) is 62.6 cm³/mol. The summed E-state index contributed by atoms with van der Waals surface area (Å²) in [6, 6.07) is 5.01. The third-order valence-corrected chi connectivity index (χ3v) is 2.30. The van der Waals surface area contributed by atoms with E-state index in [9.17, 15) is 9.59 Å². The number of rotatable bonds is 4. The lowest BCUT2D eigenvalue weighted by Crippen LogP contribution is -2.14. The summed E-state index contributed by atoms with van der Waals surface area (Å²) in [5, 5.41) is 0. The van der Waals surface area contributed by atoms with Crippen LogP contribution in [0.1, 0.15) is 48.7 Å². The van der Waals surface area contributed by atoms with Crippen molar-refractivity contribution in [3.63, 3.8) is 0 Å². The Morgan fingerprint density at radius 1 is 0.938 bits per heavy atom. The average molecular weight is 219 g/mol. The normalized spacial score (nSPS) is 10.9. The second-order valence-electron chi connectivity index (χ2n) is 4.45. The average Bonchev–Trinajstić information content (AvgIpc) is 2.26. The summed E-state index contributed by atoms with van der Waals surface area (Å²) in [4.78, 5) is 27.5. The fourth-order valence-electron chi connectivity index (χ4n) is 1.30. The Bertz CT molecular complexity index is 373. The molecule has 3 heteroatoms. The van der Waals surface area contributed by atoms with E-state index in [1.807, 2.05) is 27.7 Å². The van der Waals surface area contributed by atoms with Crippen molar-refractivity contribution in [1.29, 1.82) is 0 Å². The maximum atomic E-state index is 11.7. The lowest BCUT2D eigenvalue weighted by molar-refractivity contribution is 0.0929. The molecule has 1 aromatic rings. The Hall–Kier alpha value is -1.51. The molecule has 0 aliphatic rings. The number of pyridine rings is 1. The van der Waals surface area contributed by atoms with Crippen LogP contribution in [0.4, 0.5) is 0 Å². The van der Waals surface area contributed by atoms with E-state index >= 15 is 0 Å². The van der Waals surface area contributed by atoms with Crippen LogP contribution in [0.5, 0.6) is 0 Å². The Morgan fingerprint density at radius 3 is 1.62 bits per heavy atom. The molecule has 3 nitrogen and oxygen atoms in total. The van der Waals surface area contributed by atoms with E-state index in [4.69, 9.17) is 0 Å². The highest BCUT2D eigenvalue weighted by molar-refractivity contribution is 5.99. The van der Waals surface area contributed by atoms with Crippen molar-refractivity contribution in [3.8, 4) is 0 Å². The number of aromatic nitrogens is 1. The molecule has 0 saturated heterocycles. The third kappa shape index (κ3) is 2.75. The van der Waals surface area contributed by atoms with E-state index in [1.165, 1.54) is 0 Å². The van der Waals surface area contributed by atoms with Gasteiger partial charge >= 0.3 is 0 Å². The fraction of sp³-hybridized carbons (Fsp3) is 0.462. The molecule has 16 heavy (non-hydrogen) atoms. The summed E-state index contributed by atoms with van der Waals surface area (Å²) in [7, 11) is 0. The van der Waals surface area contributed by atoms with Crippen LogP contribution >= 0.6 is 0 Å². The van der Waals surface area contributed by atoms with E-state index in [2.05, 4.69) is 4.98 Å². The van der Waals surface area contributed by atoms with Crippen molar-refractivity contribution in [1.82, 2.24) is 4.98 Å². The molecule has 1 heterocycles. The maximum Gasteiger partial charge on any atom is 0.183 e. The van der Waals surface area contributed by atoms with E-state index in [1.54, 1.807) is 18.2 Å². The smallest absolute Gasteiger partial charge is 0.183 e. The molecular weight excluding hydrogens is 202 g/mol. The van der Waals surface area contributed by atoms with Gasteiger partial charge in [-0.3, -0.25) is 9.59 Å². The van der Waals surface area contributed by atoms with Crippen LogP contribution in [-0.4, -0.2) is 16.6 Å². The molecule has 0 N–H and O–H groups in total. The number of ketones is 2. The van der Waals surface area contributed by atoms with Gasteiger partial charge in [0.2, 0.25) is 0 Å². The molecule has 0 bridgehead atoms. The second kappa shape index (κ2) is 5.01. The van der Waals surface area contributed by atoms with E-state index < -0.39 is 0 Å². The number of hydrogen-bond acceptors (Lipinski definition) is 3. The first-order valence-corrected chi connectivity index (χ1v) is 5.49. The van der Waals surface area contributed by atoms with Crippen molar-refractivity contribution < 1.29 is 9.59 Å². The molecule has 0 saturated carbocycles. The highest BCUT2D eigenvalue weighted by Gasteiger charge is 2.16. The molecule has 1 aromatic heterocycles. The summed E-state index contributed by atoms with van der Waals surface area (Å²) >= 11 is 0. The van der Waals surface area contributed by atoms with Gasteiger partial charge in [0.05, 0.1) is 0 Å². The third-order valence-electron chi connectivity index (χ3n) is 2.30. The second-order valence-corrected chi connectivity index (χ2v) is 4.45. The van der Waals surface area contributed by atoms with Crippen molar-refractivity contribution in [2.24, 2.45) is 11.8 Å². The van der Waals surface area contributed by atoms with Gasteiger partial charge in [-0.25, -0.2) is 4.98 Å². The molecule has 0 unspecified atom stereocenters. The summed E-state index contributed by atoms with van der Waals surface area (Å²) in [5.41, 5.74) is 0.753. The summed E-state index contributed by atoms with van der Waals surface area (Å²) in [5.74, 6) is -0.259. The molecule has 0 aromatic carbocycles. The van der Waals surface area contributed by atoms with Crippen LogP contribution in [0, 0.1) is 11.8 Å². The van der Waals surface area contributed by atoms with E-state index in [0.29, 0.717) is 11.4 Å². The van der Waals surface area contributed by atoms with Gasteiger partial charge in [-0.2, -0.15) is 0 Å². The summed E-state index contributed by atoms with van der Waals surface area (Å²) < 4.78 is 0. The topological polar surface area (TPSA) is 47.0 Å². The number of nitrogens with zero attached hydrogens (tertiary/aromatic N) is 1. The minimum Gasteiger partial charge on any atom is -0.292 e. The van der Waals surface area contributed by atoms with Crippen LogP contribution in [0.25, 0.3) is 0 Å². The molecular formula is C13H17NO2. The minimum atomic E-state index is -0.100. The van der Waals surface area contributed by atoms with E-state index in [-0.39, 0.29) is 23.4 Å². The van der Waals surface area contributed by atoms with Gasteiger partial charge in [-0.1, -0.05) is 33.8 Å². The first-order chi connectivity index (χ1) is 7.43. The van der Waals surface area contributed by atoms with Crippen molar-refractivity contribution in [2.45, 2.75) is 27.7 Å². The molecule has 0 fully saturated rings. The van der Waals surface area contributed by atoms with Crippen LogP contribution in [0.15, 0.2) is 18.2 Å². The Labute approximate surface area is 95.9 Å². The van der Waals surface area contributed by atoms with Crippen molar-refractivity contribution >= 4 is 11.6 Å². The van der Waals surface area contributed by atoms with Gasteiger partial charge in [0, 0.05) is 11.8 Å². The molecule has 86 valence electrons. The molecule has 0 amide bonds. The number of carbonyl (C=O) groups excluding carboxylic acids is 2. The van der Waals surface area contributed by atoms with Crippen LogP contribution < -0.4 is 0 Å². The zero-order chi connectivity index (χ0) is 12.3. The lowest BCUT2D eigenvalue weighted by Gasteiger charge is -2.06. The Morgan fingerprint density at radius 2 is 1.31 bits per heavy atom. The van der Waals surface area contributed by atoms with Crippen LogP contribution in [0.2, 0.25) is 0 Å². The molecule has 0 spiro atoms. The first-order valence-electron chi connectivity index (χ1n) is 5.49.